The lowest BCUT2D eigenvalue weighted by Crippen LogP contribution is -2.37. The van der Waals surface area contributed by atoms with Crippen LogP contribution in [0.4, 0.5) is 0 Å². The molecule has 4 nitrogen and oxygen atoms in total. The lowest BCUT2D eigenvalue weighted by molar-refractivity contribution is 0.490. The van der Waals surface area contributed by atoms with E-state index in [0.717, 1.165) is 18.2 Å². The smallest absolute Gasteiger partial charge is 0.0768 e. The summed E-state index contributed by atoms with van der Waals surface area (Å²) in [5.41, 5.74) is 1.23. The van der Waals surface area contributed by atoms with E-state index in [2.05, 4.69) is 64.6 Å². The van der Waals surface area contributed by atoms with Gasteiger partial charge in [0.25, 0.3) is 0 Å². The molecule has 0 bridgehead atoms. The summed E-state index contributed by atoms with van der Waals surface area (Å²) in [5.74, 6) is 1.19. The van der Waals surface area contributed by atoms with Gasteiger partial charge in [0.1, 0.15) is 0 Å². The van der Waals surface area contributed by atoms with Crippen molar-refractivity contribution < 1.29 is 0 Å². The molecule has 4 atom stereocenters. The highest BCUT2D eigenvalue weighted by Crippen LogP contribution is 2.40. The van der Waals surface area contributed by atoms with Gasteiger partial charge >= 0.3 is 0 Å². The van der Waals surface area contributed by atoms with Gasteiger partial charge in [-0.05, 0) is 13.5 Å². The molecule has 4 unspecified atom stereocenters. The van der Waals surface area contributed by atoms with Gasteiger partial charge in [0.15, 0.2) is 0 Å². The molecule has 1 aromatic heterocycles. The Balaban J connectivity index is 2.13. The number of aryl methyl sites for hydroxylation is 1. The normalized spacial score (nSPS) is 29.4. The van der Waals surface area contributed by atoms with Crippen LogP contribution in [0.1, 0.15) is 38.9 Å². The second-order valence-electron chi connectivity index (χ2n) is 5.07. The molecule has 0 spiro atoms. The summed E-state index contributed by atoms with van der Waals surface area (Å²) in [6.45, 7) is 7.79. The Kier molecular flexibility index (Phi) is 5.59. The van der Waals surface area contributed by atoms with Gasteiger partial charge in [0.05, 0.1) is 17.9 Å². The third kappa shape index (κ3) is 3.47. The number of nitrogens with one attached hydrogen (secondary N) is 1. The lowest BCUT2D eigenvalue weighted by atomic mass is 10.1. The SMILES string of the molecule is CCCn1nncc1C(NC)C1CSC(C)C(C)S1. The quantitative estimate of drug-likeness (QED) is 0.905. The van der Waals surface area contributed by atoms with Crippen molar-refractivity contribution >= 4 is 23.5 Å². The number of thioether (sulfide) groups is 2. The fourth-order valence-corrected chi connectivity index (χ4v) is 5.54. The van der Waals surface area contributed by atoms with Gasteiger partial charge in [-0.15, -0.1) is 5.10 Å². The molecule has 0 radical (unpaired) electrons. The van der Waals surface area contributed by atoms with E-state index in [0.29, 0.717) is 16.5 Å². The Hall–Kier alpha value is -0.200. The van der Waals surface area contributed by atoms with Crippen LogP contribution in [-0.2, 0) is 6.54 Å². The molecule has 1 aliphatic rings. The van der Waals surface area contributed by atoms with E-state index in [4.69, 9.17) is 0 Å². The lowest BCUT2D eigenvalue weighted by Gasteiger charge is -2.35. The van der Waals surface area contributed by atoms with E-state index in [1.165, 1.54) is 11.4 Å². The molecule has 0 saturated carbocycles. The first-order valence-electron chi connectivity index (χ1n) is 7.00. The van der Waals surface area contributed by atoms with Crippen molar-refractivity contribution in [1.29, 1.82) is 0 Å². The average molecular weight is 300 g/mol. The Labute approximate surface area is 124 Å². The molecule has 0 amide bonds. The number of rotatable bonds is 5. The van der Waals surface area contributed by atoms with Gasteiger partial charge in [-0.1, -0.05) is 26.0 Å². The summed E-state index contributed by atoms with van der Waals surface area (Å²) < 4.78 is 2.05. The van der Waals surface area contributed by atoms with Crippen molar-refractivity contribution in [2.45, 2.75) is 55.5 Å². The average Bonchev–Trinajstić information content (AvgIpc) is 2.83. The molecule has 2 heterocycles. The topological polar surface area (TPSA) is 42.7 Å². The molecule has 6 heteroatoms. The molecule has 1 aromatic rings. The maximum atomic E-state index is 4.21. The zero-order chi connectivity index (χ0) is 13.8. The van der Waals surface area contributed by atoms with Crippen LogP contribution in [0.2, 0.25) is 0 Å². The van der Waals surface area contributed by atoms with Crippen LogP contribution in [-0.4, -0.2) is 43.5 Å². The van der Waals surface area contributed by atoms with E-state index in [9.17, 15) is 0 Å². The van der Waals surface area contributed by atoms with Crippen molar-refractivity contribution in [1.82, 2.24) is 20.3 Å². The summed E-state index contributed by atoms with van der Waals surface area (Å²) in [4.78, 5) is 0. The second-order valence-corrected chi connectivity index (χ2v) is 8.10. The molecule has 19 heavy (non-hydrogen) atoms. The highest BCUT2D eigenvalue weighted by molar-refractivity contribution is 8.07. The Morgan fingerprint density at radius 1 is 1.47 bits per heavy atom. The first-order chi connectivity index (χ1) is 9.17. The monoisotopic (exact) mass is 300 g/mol. The van der Waals surface area contributed by atoms with Gasteiger partial charge in [-0.3, -0.25) is 0 Å². The summed E-state index contributed by atoms with van der Waals surface area (Å²) >= 11 is 4.18. The minimum absolute atomic E-state index is 0.342. The molecule has 2 rings (SSSR count). The summed E-state index contributed by atoms with van der Waals surface area (Å²) in [6, 6.07) is 0.342. The van der Waals surface area contributed by atoms with Crippen molar-refractivity contribution in [3.63, 3.8) is 0 Å². The minimum atomic E-state index is 0.342. The molecule has 1 saturated heterocycles. The molecule has 0 aliphatic carbocycles. The summed E-state index contributed by atoms with van der Waals surface area (Å²) in [6.07, 6.45) is 3.01. The third-order valence-electron chi connectivity index (χ3n) is 3.66. The van der Waals surface area contributed by atoms with Crippen molar-refractivity contribution in [2.24, 2.45) is 0 Å². The molecule has 1 aliphatic heterocycles. The van der Waals surface area contributed by atoms with Gasteiger partial charge in [0, 0.05) is 28.0 Å². The van der Waals surface area contributed by atoms with Gasteiger partial charge < -0.3 is 5.32 Å². The van der Waals surface area contributed by atoms with Gasteiger partial charge in [-0.2, -0.15) is 23.5 Å². The first kappa shape index (κ1) is 15.2. The number of hydrogen-bond acceptors (Lipinski definition) is 5. The molecular formula is C13H24N4S2. The van der Waals surface area contributed by atoms with Gasteiger partial charge in [0.2, 0.25) is 0 Å². The molecule has 1 N–H and O–H groups in total. The standard InChI is InChI=1S/C13H24N4S2/c1-5-6-17-11(7-15-16-17)13(14-4)12-8-18-9(2)10(3)19-12/h7,9-10,12-14H,5-6,8H2,1-4H3. The first-order valence-corrected chi connectivity index (χ1v) is 8.99. The van der Waals surface area contributed by atoms with E-state index in [1.807, 2.05) is 13.2 Å². The number of nitrogens with zero attached hydrogens (tertiary/aromatic N) is 3. The number of aromatic nitrogens is 3. The van der Waals surface area contributed by atoms with Crippen molar-refractivity contribution in [3.8, 4) is 0 Å². The van der Waals surface area contributed by atoms with Crippen LogP contribution in [0.3, 0.4) is 0 Å². The highest BCUT2D eigenvalue weighted by Gasteiger charge is 2.33. The van der Waals surface area contributed by atoms with E-state index in [-0.39, 0.29) is 0 Å². The summed E-state index contributed by atoms with van der Waals surface area (Å²) in [5, 5.41) is 13.8. The van der Waals surface area contributed by atoms with Crippen LogP contribution in [0, 0.1) is 0 Å². The van der Waals surface area contributed by atoms with Crippen molar-refractivity contribution in [2.75, 3.05) is 12.8 Å². The zero-order valence-electron chi connectivity index (χ0n) is 12.2. The fraction of sp³-hybridized carbons (Fsp3) is 0.846. The van der Waals surface area contributed by atoms with Crippen molar-refractivity contribution in [3.05, 3.63) is 11.9 Å². The molecule has 0 aromatic carbocycles. The van der Waals surface area contributed by atoms with Crippen LogP contribution < -0.4 is 5.32 Å². The fourth-order valence-electron chi connectivity index (χ4n) is 2.40. The number of hydrogen-bond donors (Lipinski definition) is 1. The maximum absolute atomic E-state index is 4.21. The third-order valence-corrected chi connectivity index (χ3v) is 7.15. The Morgan fingerprint density at radius 2 is 2.26 bits per heavy atom. The second kappa shape index (κ2) is 6.99. The van der Waals surface area contributed by atoms with E-state index >= 15 is 0 Å². The van der Waals surface area contributed by atoms with Gasteiger partial charge in [-0.25, -0.2) is 4.68 Å². The van der Waals surface area contributed by atoms with E-state index in [1.54, 1.807) is 0 Å². The Bertz CT molecular complexity index is 396. The Morgan fingerprint density at radius 3 is 2.89 bits per heavy atom. The molecule has 1 fully saturated rings. The molecule has 108 valence electrons. The predicted molar refractivity (Wildman–Crippen MR) is 84.9 cm³/mol. The van der Waals surface area contributed by atoms with Crippen LogP contribution in [0.25, 0.3) is 0 Å². The maximum Gasteiger partial charge on any atom is 0.0768 e. The zero-order valence-corrected chi connectivity index (χ0v) is 13.8. The van der Waals surface area contributed by atoms with Crippen LogP contribution >= 0.6 is 23.5 Å². The predicted octanol–water partition coefficient (Wildman–Crippen LogP) is 2.57. The highest BCUT2D eigenvalue weighted by atomic mass is 32.2. The van der Waals surface area contributed by atoms with Crippen LogP contribution in [0.5, 0.6) is 0 Å². The minimum Gasteiger partial charge on any atom is -0.311 e. The molecular weight excluding hydrogens is 276 g/mol. The van der Waals surface area contributed by atoms with E-state index < -0.39 is 0 Å². The largest absolute Gasteiger partial charge is 0.311 e. The van der Waals surface area contributed by atoms with Crippen LogP contribution in [0.15, 0.2) is 6.20 Å². The summed E-state index contributed by atoms with van der Waals surface area (Å²) in [7, 11) is 2.04.